The lowest BCUT2D eigenvalue weighted by Gasteiger charge is -2.55. The molecule has 0 saturated heterocycles. The summed E-state index contributed by atoms with van der Waals surface area (Å²) in [6.45, 7) is 20.7. The second-order valence-corrected chi connectivity index (χ2v) is 8.84. The van der Waals surface area contributed by atoms with Gasteiger partial charge in [-0.15, -0.1) is 0 Å². The van der Waals surface area contributed by atoms with E-state index in [0.29, 0.717) is 19.6 Å². The Labute approximate surface area is 173 Å². The van der Waals surface area contributed by atoms with Gasteiger partial charge >= 0.3 is 5.97 Å². The van der Waals surface area contributed by atoms with Crippen molar-refractivity contribution >= 4 is 5.97 Å². The zero-order valence-corrected chi connectivity index (χ0v) is 19.6. The summed E-state index contributed by atoms with van der Waals surface area (Å²) in [7, 11) is 0. The minimum absolute atomic E-state index is 0.0889. The molecule has 1 rings (SSSR count). The molecule has 0 spiro atoms. The summed E-state index contributed by atoms with van der Waals surface area (Å²) in [6.07, 6.45) is 6.49. The minimum Gasteiger partial charge on any atom is -0.466 e. The van der Waals surface area contributed by atoms with Crippen LogP contribution in [-0.4, -0.2) is 53.3 Å². The molecule has 5 heteroatoms. The van der Waals surface area contributed by atoms with E-state index in [0.717, 1.165) is 38.8 Å². The molecule has 1 unspecified atom stereocenters. The van der Waals surface area contributed by atoms with Gasteiger partial charge in [-0.05, 0) is 66.9 Å². The molecule has 0 saturated carbocycles. The predicted octanol–water partition coefficient (Wildman–Crippen LogP) is 5.17. The fourth-order valence-electron chi connectivity index (χ4n) is 4.35. The summed E-state index contributed by atoms with van der Waals surface area (Å²) in [5.41, 5.74) is 0.891. The Kier molecular flexibility index (Phi) is 9.99. The van der Waals surface area contributed by atoms with Crippen LogP contribution < -0.4 is 0 Å². The number of unbranched alkanes of at least 4 members (excludes halogenated alkanes) is 1. The van der Waals surface area contributed by atoms with Gasteiger partial charge in [0.1, 0.15) is 0 Å². The van der Waals surface area contributed by atoms with E-state index in [1.54, 1.807) is 0 Å². The number of hydrogen-bond donors (Lipinski definition) is 0. The van der Waals surface area contributed by atoms with E-state index in [-0.39, 0.29) is 23.0 Å². The zero-order valence-electron chi connectivity index (χ0n) is 19.6. The molecule has 1 atom stereocenters. The van der Waals surface area contributed by atoms with Crippen LogP contribution in [0.4, 0.5) is 0 Å². The van der Waals surface area contributed by atoms with Crippen molar-refractivity contribution in [2.75, 3.05) is 26.3 Å². The number of nitrogens with zero attached hydrogens (tertiary/aromatic N) is 2. The lowest BCUT2D eigenvalue weighted by atomic mass is 9.74. The molecule has 0 radical (unpaired) electrons. The van der Waals surface area contributed by atoms with Gasteiger partial charge in [0.05, 0.1) is 18.8 Å². The number of rotatable bonds is 12. The van der Waals surface area contributed by atoms with E-state index in [1.165, 1.54) is 5.70 Å². The van der Waals surface area contributed by atoms with Crippen LogP contribution in [0.25, 0.3) is 0 Å². The highest BCUT2D eigenvalue weighted by atomic mass is 16.7. The number of carbonyl (C=O) groups is 1. The molecule has 5 nitrogen and oxygen atoms in total. The molecule has 0 aromatic carbocycles. The largest absolute Gasteiger partial charge is 0.466 e. The lowest BCUT2D eigenvalue weighted by molar-refractivity contribution is -0.271. The first-order valence-corrected chi connectivity index (χ1v) is 11.2. The maximum Gasteiger partial charge on any atom is 0.305 e. The van der Waals surface area contributed by atoms with Crippen LogP contribution in [0.1, 0.15) is 87.5 Å². The van der Waals surface area contributed by atoms with Crippen molar-refractivity contribution in [3.63, 3.8) is 0 Å². The van der Waals surface area contributed by atoms with Gasteiger partial charge in [0.25, 0.3) is 0 Å². The molecule has 0 amide bonds. The molecule has 1 aliphatic heterocycles. The summed E-state index contributed by atoms with van der Waals surface area (Å²) < 4.78 is 5.41. The molecule has 0 aromatic heterocycles. The van der Waals surface area contributed by atoms with E-state index in [4.69, 9.17) is 9.57 Å². The normalized spacial score (nSPS) is 21.3. The molecule has 164 valence electrons. The summed E-state index contributed by atoms with van der Waals surface area (Å²) >= 11 is 0. The van der Waals surface area contributed by atoms with Gasteiger partial charge in [0, 0.05) is 36.7 Å². The van der Waals surface area contributed by atoms with E-state index in [9.17, 15) is 4.79 Å². The second-order valence-electron chi connectivity index (χ2n) is 8.84. The Morgan fingerprint density at radius 3 is 2.25 bits per heavy atom. The highest BCUT2D eigenvalue weighted by Gasteiger charge is 2.49. The minimum atomic E-state index is -0.227. The van der Waals surface area contributed by atoms with Crippen molar-refractivity contribution in [1.29, 1.82) is 0 Å². The smallest absolute Gasteiger partial charge is 0.305 e. The van der Waals surface area contributed by atoms with Crippen LogP contribution in [0.5, 0.6) is 0 Å². The summed E-state index contributed by atoms with van der Waals surface area (Å²) in [5, 5.41) is 2.16. The third-order valence-electron chi connectivity index (χ3n) is 5.71. The zero-order chi connectivity index (χ0) is 21.4. The van der Waals surface area contributed by atoms with Crippen LogP contribution in [0, 0.1) is 5.92 Å². The van der Waals surface area contributed by atoms with Crippen LogP contribution in [0.3, 0.4) is 0 Å². The van der Waals surface area contributed by atoms with Gasteiger partial charge in [-0.1, -0.05) is 20.3 Å². The molecule has 1 heterocycles. The molecule has 28 heavy (non-hydrogen) atoms. The number of hydroxylamine groups is 2. The molecule has 0 aliphatic carbocycles. The predicted molar refractivity (Wildman–Crippen MR) is 116 cm³/mol. The highest BCUT2D eigenvalue weighted by molar-refractivity contribution is 5.69. The van der Waals surface area contributed by atoms with Crippen molar-refractivity contribution in [1.82, 2.24) is 9.96 Å². The molecule has 0 N–H and O–H groups in total. The van der Waals surface area contributed by atoms with E-state index in [1.807, 2.05) is 0 Å². The quantitative estimate of drug-likeness (QED) is 0.336. The third kappa shape index (κ3) is 6.21. The van der Waals surface area contributed by atoms with Crippen molar-refractivity contribution < 1.29 is 14.4 Å². The average molecular weight is 397 g/mol. The Balaban J connectivity index is 3.12. The fourth-order valence-corrected chi connectivity index (χ4v) is 4.35. The molecular weight excluding hydrogens is 352 g/mol. The molecular formula is C23H44N2O3. The fraction of sp³-hybridized carbons (Fsp3) is 0.870. The first kappa shape index (κ1) is 25.0. The molecule has 0 aromatic rings. The maximum atomic E-state index is 12.3. The van der Waals surface area contributed by atoms with E-state index < -0.39 is 0 Å². The van der Waals surface area contributed by atoms with Gasteiger partial charge < -0.3 is 9.64 Å². The number of esters is 1. The number of ether oxygens (including phenoxy) is 1. The van der Waals surface area contributed by atoms with Gasteiger partial charge in [0.2, 0.25) is 0 Å². The first-order chi connectivity index (χ1) is 13.1. The van der Waals surface area contributed by atoms with E-state index >= 15 is 0 Å². The van der Waals surface area contributed by atoms with Gasteiger partial charge in [0.15, 0.2) is 0 Å². The van der Waals surface area contributed by atoms with Crippen LogP contribution in [0.2, 0.25) is 0 Å². The topological polar surface area (TPSA) is 42.0 Å². The van der Waals surface area contributed by atoms with Crippen LogP contribution in [-0.2, 0) is 14.4 Å². The standard InChI is InChI=1S/C23H44N2O3/c1-9-13-17-27-21(26)15-14-19-20(24(11-3)12-4)18-22(5,6)25(23(19,7)8)28-16-10-2/h18-19H,9-17H2,1-8H3. The Morgan fingerprint density at radius 2 is 1.71 bits per heavy atom. The second kappa shape index (κ2) is 11.2. The Hall–Kier alpha value is -1.07. The summed E-state index contributed by atoms with van der Waals surface area (Å²) in [5.74, 6) is 0.116. The number of carbonyl (C=O) groups excluding carboxylic acids is 1. The van der Waals surface area contributed by atoms with Crippen LogP contribution >= 0.6 is 0 Å². The average Bonchev–Trinajstić information content (AvgIpc) is 2.61. The van der Waals surface area contributed by atoms with Crippen molar-refractivity contribution in [3.05, 3.63) is 11.8 Å². The SMILES string of the molecule is CCCCOC(=O)CCC1C(N(CC)CC)=CC(C)(C)N(OCCC)C1(C)C. The summed E-state index contributed by atoms with van der Waals surface area (Å²) in [6, 6.07) is 0. The third-order valence-corrected chi connectivity index (χ3v) is 5.71. The van der Waals surface area contributed by atoms with Gasteiger partial charge in [-0.3, -0.25) is 9.63 Å². The summed E-state index contributed by atoms with van der Waals surface area (Å²) in [4.78, 5) is 20.9. The maximum absolute atomic E-state index is 12.3. The van der Waals surface area contributed by atoms with Gasteiger partial charge in [-0.25, -0.2) is 0 Å². The van der Waals surface area contributed by atoms with Gasteiger partial charge in [-0.2, -0.15) is 5.06 Å². The van der Waals surface area contributed by atoms with Crippen molar-refractivity contribution in [3.8, 4) is 0 Å². The molecule has 0 fully saturated rings. The Morgan fingerprint density at radius 1 is 1.07 bits per heavy atom. The Bertz CT molecular complexity index is 510. The molecule has 0 bridgehead atoms. The first-order valence-electron chi connectivity index (χ1n) is 11.2. The monoisotopic (exact) mass is 396 g/mol. The van der Waals surface area contributed by atoms with Crippen molar-refractivity contribution in [2.45, 2.75) is 98.6 Å². The highest BCUT2D eigenvalue weighted by Crippen LogP contribution is 2.44. The van der Waals surface area contributed by atoms with E-state index in [2.05, 4.69) is 71.4 Å². The number of hydrogen-bond acceptors (Lipinski definition) is 5. The van der Waals surface area contributed by atoms with Crippen molar-refractivity contribution in [2.24, 2.45) is 5.92 Å². The lowest BCUT2D eigenvalue weighted by Crippen LogP contribution is -2.62. The molecule has 1 aliphatic rings. The van der Waals surface area contributed by atoms with Crippen LogP contribution in [0.15, 0.2) is 11.8 Å².